The van der Waals surface area contributed by atoms with Gasteiger partial charge in [-0.3, -0.25) is 0 Å². The Labute approximate surface area is 122 Å². The van der Waals surface area contributed by atoms with E-state index in [0.717, 1.165) is 19.4 Å². The van der Waals surface area contributed by atoms with Crippen molar-refractivity contribution in [2.45, 2.75) is 58.7 Å². The first-order valence-corrected chi connectivity index (χ1v) is 7.57. The lowest BCUT2D eigenvalue weighted by atomic mass is 9.91. The Kier molecular flexibility index (Phi) is 6.76. The van der Waals surface area contributed by atoms with Crippen LogP contribution >= 0.6 is 0 Å². The Balaban J connectivity index is 2.42. The van der Waals surface area contributed by atoms with Gasteiger partial charge in [-0.15, -0.1) is 0 Å². The monoisotopic (exact) mass is 287 g/mol. The highest BCUT2D eigenvalue weighted by Gasteiger charge is 2.32. The van der Waals surface area contributed by atoms with Crippen LogP contribution in [-0.4, -0.2) is 54.1 Å². The number of hydrogen-bond acceptors (Lipinski definition) is 4. The predicted molar refractivity (Wildman–Crippen MR) is 77.6 cm³/mol. The van der Waals surface area contributed by atoms with Crippen LogP contribution in [0.2, 0.25) is 0 Å². The third kappa shape index (κ3) is 6.09. The minimum atomic E-state index is -0.475. The second kappa shape index (κ2) is 7.84. The number of carbonyl (C=O) groups excluding carboxylic acids is 1. The summed E-state index contributed by atoms with van der Waals surface area (Å²) < 4.78 is 10.7. The zero-order chi connectivity index (χ0) is 15.2. The molecule has 1 aliphatic heterocycles. The molecule has 0 aromatic heterocycles. The van der Waals surface area contributed by atoms with E-state index in [9.17, 15) is 9.90 Å². The largest absolute Gasteiger partial charge is 0.444 e. The van der Waals surface area contributed by atoms with Crippen molar-refractivity contribution in [3.63, 3.8) is 0 Å². The van der Waals surface area contributed by atoms with Gasteiger partial charge in [-0.2, -0.15) is 0 Å². The molecule has 1 heterocycles. The molecule has 0 aliphatic carbocycles. The smallest absolute Gasteiger partial charge is 0.410 e. The maximum atomic E-state index is 12.0. The lowest BCUT2D eigenvalue weighted by Gasteiger charge is -2.37. The predicted octanol–water partition coefficient (Wildman–Crippen LogP) is 2.42. The first-order chi connectivity index (χ1) is 9.33. The van der Waals surface area contributed by atoms with Crippen LogP contribution in [0.4, 0.5) is 4.79 Å². The van der Waals surface area contributed by atoms with Crippen LogP contribution in [0.3, 0.4) is 0 Å². The van der Waals surface area contributed by atoms with E-state index < -0.39 is 5.60 Å². The molecule has 1 rings (SSSR count). The summed E-state index contributed by atoms with van der Waals surface area (Å²) in [6.45, 7) is 10.1. The Morgan fingerprint density at radius 2 is 2.10 bits per heavy atom. The zero-order valence-corrected chi connectivity index (χ0v) is 13.2. The Hall–Kier alpha value is -0.810. The summed E-state index contributed by atoms with van der Waals surface area (Å²) in [6, 6.07) is 0. The van der Waals surface area contributed by atoms with Crippen molar-refractivity contribution in [2.75, 3.05) is 26.3 Å². The molecule has 2 unspecified atom stereocenters. The molecular weight excluding hydrogens is 258 g/mol. The summed E-state index contributed by atoms with van der Waals surface area (Å²) >= 11 is 0. The van der Waals surface area contributed by atoms with Crippen LogP contribution in [0.25, 0.3) is 0 Å². The molecule has 1 saturated heterocycles. The maximum absolute atomic E-state index is 12.0. The van der Waals surface area contributed by atoms with Crippen molar-refractivity contribution < 1.29 is 19.4 Å². The van der Waals surface area contributed by atoms with Crippen molar-refractivity contribution in [2.24, 2.45) is 5.92 Å². The minimum absolute atomic E-state index is 0.122. The van der Waals surface area contributed by atoms with Crippen molar-refractivity contribution in [1.82, 2.24) is 4.90 Å². The van der Waals surface area contributed by atoms with Gasteiger partial charge in [0.05, 0.1) is 6.10 Å². The average molecular weight is 287 g/mol. The summed E-state index contributed by atoms with van der Waals surface area (Å²) in [7, 11) is 0. The van der Waals surface area contributed by atoms with E-state index in [4.69, 9.17) is 9.47 Å². The lowest BCUT2D eigenvalue weighted by molar-refractivity contribution is -0.0116. The number of piperidine rings is 1. The molecule has 0 radical (unpaired) electrons. The van der Waals surface area contributed by atoms with Gasteiger partial charge >= 0.3 is 6.09 Å². The molecule has 0 aromatic rings. The standard InChI is InChI=1S/C15H29NO4/c1-5-19-10-6-7-12-11-16(9-8-13(12)17)14(18)20-15(2,3)4/h12-13,17H,5-11H2,1-4H3. The Bertz CT molecular complexity index is 301. The van der Waals surface area contributed by atoms with Crippen LogP contribution in [0, 0.1) is 5.92 Å². The normalized spacial score (nSPS) is 23.8. The fourth-order valence-electron chi connectivity index (χ4n) is 2.39. The fraction of sp³-hybridized carbons (Fsp3) is 0.933. The number of ether oxygens (including phenoxy) is 2. The van der Waals surface area contributed by atoms with Crippen molar-refractivity contribution in [3.8, 4) is 0 Å². The second-order valence-corrected chi connectivity index (χ2v) is 6.38. The molecule has 1 aliphatic rings. The molecule has 1 fully saturated rings. The third-order valence-corrected chi connectivity index (χ3v) is 3.41. The average Bonchev–Trinajstić information content (AvgIpc) is 2.34. The molecule has 0 saturated carbocycles. The Morgan fingerprint density at radius 1 is 1.40 bits per heavy atom. The molecule has 5 nitrogen and oxygen atoms in total. The van der Waals surface area contributed by atoms with E-state index >= 15 is 0 Å². The third-order valence-electron chi connectivity index (χ3n) is 3.41. The van der Waals surface area contributed by atoms with E-state index in [1.165, 1.54) is 0 Å². The van der Waals surface area contributed by atoms with Crippen LogP contribution in [0.5, 0.6) is 0 Å². The molecule has 20 heavy (non-hydrogen) atoms. The van der Waals surface area contributed by atoms with E-state index in [1.807, 2.05) is 27.7 Å². The molecule has 1 amide bonds. The highest BCUT2D eigenvalue weighted by Crippen LogP contribution is 2.23. The van der Waals surface area contributed by atoms with E-state index in [-0.39, 0.29) is 18.1 Å². The molecular formula is C15H29NO4. The van der Waals surface area contributed by atoms with Gasteiger partial charge in [0, 0.05) is 32.2 Å². The number of aliphatic hydroxyl groups excluding tert-OH is 1. The van der Waals surface area contributed by atoms with Crippen LogP contribution in [0.1, 0.15) is 47.0 Å². The van der Waals surface area contributed by atoms with Crippen LogP contribution < -0.4 is 0 Å². The molecule has 2 atom stereocenters. The summed E-state index contributed by atoms with van der Waals surface area (Å²) in [5.74, 6) is 0.122. The number of nitrogens with zero attached hydrogens (tertiary/aromatic N) is 1. The molecule has 5 heteroatoms. The zero-order valence-electron chi connectivity index (χ0n) is 13.2. The molecule has 118 valence electrons. The van der Waals surface area contributed by atoms with E-state index in [2.05, 4.69) is 0 Å². The van der Waals surface area contributed by atoms with Crippen LogP contribution in [-0.2, 0) is 9.47 Å². The van der Waals surface area contributed by atoms with Gasteiger partial charge in [0.1, 0.15) is 5.60 Å². The van der Waals surface area contributed by atoms with Gasteiger partial charge < -0.3 is 19.5 Å². The van der Waals surface area contributed by atoms with Crippen molar-refractivity contribution in [3.05, 3.63) is 0 Å². The number of aliphatic hydroxyl groups is 1. The lowest BCUT2D eigenvalue weighted by Crippen LogP contribution is -2.47. The van der Waals surface area contributed by atoms with E-state index in [0.29, 0.717) is 26.1 Å². The summed E-state index contributed by atoms with van der Waals surface area (Å²) in [5, 5.41) is 10.0. The van der Waals surface area contributed by atoms with Gasteiger partial charge in [-0.25, -0.2) is 4.79 Å². The summed E-state index contributed by atoms with van der Waals surface area (Å²) in [4.78, 5) is 13.8. The maximum Gasteiger partial charge on any atom is 0.410 e. The van der Waals surface area contributed by atoms with Gasteiger partial charge in [-0.05, 0) is 47.0 Å². The Morgan fingerprint density at radius 3 is 2.70 bits per heavy atom. The summed E-state index contributed by atoms with van der Waals surface area (Å²) in [6.07, 6.45) is 1.81. The fourth-order valence-corrected chi connectivity index (χ4v) is 2.39. The number of carbonyl (C=O) groups is 1. The molecule has 0 bridgehead atoms. The highest BCUT2D eigenvalue weighted by molar-refractivity contribution is 5.68. The number of likely N-dealkylation sites (tertiary alicyclic amines) is 1. The first-order valence-electron chi connectivity index (χ1n) is 7.57. The molecule has 0 spiro atoms. The SMILES string of the molecule is CCOCCCC1CN(C(=O)OC(C)(C)C)CCC1O. The van der Waals surface area contributed by atoms with Gasteiger partial charge in [-0.1, -0.05) is 0 Å². The van der Waals surface area contributed by atoms with Crippen molar-refractivity contribution >= 4 is 6.09 Å². The van der Waals surface area contributed by atoms with Gasteiger partial charge in [0.25, 0.3) is 0 Å². The van der Waals surface area contributed by atoms with E-state index in [1.54, 1.807) is 4.90 Å². The van der Waals surface area contributed by atoms with Crippen LogP contribution in [0.15, 0.2) is 0 Å². The first kappa shape index (κ1) is 17.2. The minimum Gasteiger partial charge on any atom is -0.444 e. The van der Waals surface area contributed by atoms with Gasteiger partial charge in [0.15, 0.2) is 0 Å². The quantitative estimate of drug-likeness (QED) is 0.789. The topological polar surface area (TPSA) is 59.0 Å². The van der Waals surface area contributed by atoms with Gasteiger partial charge in [0.2, 0.25) is 0 Å². The molecule has 0 aromatic carbocycles. The number of hydrogen-bond donors (Lipinski definition) is 1. The highest BCUT2D eigenvalue weighted by atomic mass is 16.6. The summed E-state index contributed by atoms with van der Waals surface area (Å²) in [5.41, 5.74) is -0.475. The van der Waals surface area contributed by atoms with Crippen molar-refractivity contribution in [1.29, 1.82) is 0 Å². The molecule has 1 N–H and O–H groups in total. The number of amides is 1. The second-order valence-electron chi connectivity index (χ2n) is 6.38. The number of rotatable bonds is 5.